The van der Waals surface area contributed by atoms with Crippen molar-refractivity contribution in [2.24, 2.45) is 5.92 Å². The maximum absolute atomic E-state index is 13.5. The van der Waals surface area contributed by atoms with E-state index in [-0.39, 0.29) is 23.5 Å². The molecule has 0 bridgehead atoms. The summed E-state index contributed by atoms with van der Waals surface area (Å²) in [4.78, 5) is 13.7. The van der Waals surface area contributed by atoms with Crippen LogP contribution in [0.5, 0.6) is 0 Å². The lowest BCUT2D eigenvalue weighted by molar-refractivity contribution is -0.120. The van der Waals surface area contributed by atoms with Gasteiger partial charge in [0.05, 0.1) is 0 Å². The van der Waals surface area contributed by atoms with Crippen molar-refractivity contribution in [3.8, 4) is 0 Å². The minimum atomic E-state index is -1.30. The number of carbonyl (C=O) groups is 1. The third-order valence-corrected chi connectivity index (χ3v) is 6.15. The van der Waals surface area contributed by atoms with E-state index in [9.17, 15) is 18.7 Å². The van der Waals surface area contributed by atoms with Gasteiger partial charge in [-0.2, -0.15) is 0 Å². The van der Waals surface area contributed by atoms with Gasteiger partial charge in [0, 0.05) is 13.5 Å². The molecule has 1 saturated heterocycles. The SMILES string of the molecule is CNC(=O)CCCCN1CCC(C(O)(c2ccc(F)cc2)c2ccc(F)cc2)CC1. The molecule has 1 aliphatic rings. The fourth-order valence-corrected chi connectivity index (χ4v) is 4.37. The maximum Gasteiger partial charge on any atom is 0.219 e. The van der Waals surface area contributed by atoms with Crippen molar-refractivity contribution in [1.29, 1.82) is 0 Å². The summed E-state index contributed by atoms with van der Waals surface area (Å²) in [5, 5.41) is 14.5. The Hall–Kier alpha value is -2.31. The van der Waals surface area contributed by atoms with Crippen LogP contribution in [0.1, 0.15) is 43.2 Å². The van der Waals surface area contributed by atoms with Gasteiger partial charge in [-0.3, -0.25) is 4.79 Å². The zero-order chi connectivity index (χ0) is 21.6. The molecular formula is C24H30F2N2O2. The summed E-state index contributed by atoms with van der Waals surface area (Å²) < 4.78 is 27.0. The summed E-state index contributed by atoms with van der Waals surface area (Å²) in [6, 6.07) is 11.9. The molecule has 1 heterocycles. The average Bonchev–Trinajstić information content (AvgIpc) is 2.77. The van der Waals surface area contributed by atoms with Gasteiger partial charge in [-0.1, -0.05) is 24.3 Å². The Kier molecular flexibility index (Phi) is 7.56. The van der Waals surface area contributed by atoms with Gasteiger partial charge in [0.25, 0.3) is 0 Å². The number of carbonyl (C=O) groups excluding carboxylic acids is 1. The highest BCUT2D eigenvalue weighted by Gasteiger charge is 2.41. The quantitative estimate of drug-likeness (QED) is 0.643. The van der Waals surface area contributed by atoms with Crippen molar-refractivity contribution in [3.05, 3.63) is 71.3 Å². The first kappa shape index (κ1) is 22.4. The van der Waals surface area contributed by atoms with E-state index < -0.39 is 5.60 Å². The van der Waals surface area contributed by atoms with Crippen LogP contribution in [0.4, 0.5) is 8.78 Å². The summed E-state index contributed by atoms with van der Waals surface area (Å²) in [7, 11) is 1.65. The molecule has 3 rings (SSSR count). The normalized spacial score (nSPS) is 15.9. The molecule has 2 N–H and O–H groups in total. The molecule has 0 spiro atoms. The number of rotatable bonds is 8. The molecule has 162 valence electrons. The highest BCUT2D eigenvalue weighted by molar-refractivity contribution is 5.75. The lowest BCUT2D eigenvalue weighted by Crippen LogP contribution is -2.44. The second-order valence-electron chi connectivity index (χ2n) is 8.03. The van der Waals surface area contributed by atoms with Crippen LogP contribution >= 0.6 is 0 Å². The number of hydrogen-bond acceptors (Lipinski definition) is 3. The minimum Gasteiger partial charge on any atom is -0.380 e. The van der Waals surface area contributed by atoms with E-state index in [2.05, 4.69) is 10.2 Å². The fourth-order valence-electron chi connectivity index (χ4n) is 4.37. The van der Waals surface area contributed by atoms with E-state index in [1.54, 1.807) is 31.3 Å². The number of amides is 1. The van der Waals surface area contributed by atoms with Crippen LogP contribution in [0.3, 0.4) is 0 Å². The predicted molar refractivity (Wildman–Crippen MR) is 113 cm³/mol. The molecule has 2 aromatic carbocycles. The van der Waals surface area contributed by atoms with Crippen molar-refractivity contribution in [3.63, 3.8) is 0 Å². The number of likely N-dealkylation sites (tertiary alicyclic amines) is 1. The highest BCUT2D eigenvalue weighted by Crippen LogP contribution is 2.42. The molecule has 30 heavy (non-hydrogen) atoms. The molecule has 1 fully saturated rings. The Labute approximate surface area is 176 Å². The standard InChI is InChI=1S/C24H30F2N2O2/c1-27-23(29)4-2-3-15-28-16-13-20(14-17-28)24(30,18-5-9-21(25)10-6-18)19-7-11-22(26)12-8-19/h5-12,20,30H,2-4,13-17H2,1H3,(H,27,29). The molecule has 0 aliphatic carbocycles. The van der Waals surface area contributed by atoms with Gasteiger partial charge < -0.3 is 15.3 Å². The lowest BCUT2D eigenvalue weighted by Gasteiger charge is -2.42. The first-order chi connectivity index (χ1) is 14.4. The number of nitrogens with zero attached hydrogens (tertiary/aromatic N) is 1. The zero-order valence-corrected chi connectivity index (χ0v) is 17.4. The third-order valence-electron chi connectivity index (χ3n) is 6.15. The molecule has 0 radical (unpaired) electrons. The van der Waals surface area contributed by atoms with Gasteiger partial charge in [0.15, 0.2) is 0 Å². The fraction of sp³-hybridized carbons (Fsp3) is 0.458. The molecule has 0 saturated carbocycles. The second kappa shape index (κ2) is 10.1. The topological polar surface area (TPSA) is 52.6 Å². The second-order valence-corrected chi connectivity index (χ2v) is 8.03. The molecule has 0 unspecified atom stereocenters. The van der Waals surface area contributed by atoms with Crippen LogP contribution in [0, 0.1) is 17.6 Å². The summed E-state index contributed by atoms with van der Waals surface area (Å²) in [6.07, 6.45) is 3.91. The van der Waals surface area contributed by atoms with Gasteiger partial charge in [0.1, 0.15) is 17.2 Å². The Morgan fingerprint density at radius 2 is 1.50 bits per heavy atom. The van der Waals surface area contributed by atoms with Crippen molar-refractivity contribution in [1.82, 2.24) is 10.2 Å². The number of halogens is 2. The molecule has 2 aromatic rings. The van der Waals surface area contributed by atoms with E-state index in [0.717, 1.165) is 45.3 Å². The lowest BCUT2D eigenvalue weighted by atomic mass is 9.72. The number of benzene rings is 2. The Bertz CT molecular complexity index is 771. The van der Waals surface area contributed by atoms with E-state index in [1.165, 1.54) is 24.3 Å². The number of unbranched alkanes of at least 4 members (excludes halogenated alkanes) is 1. The first-order valence-corrected chi connectivity index (χ1v) is 10.6. The van der Waals surface area contributed by atoms with Gasteiger partial charge in [-0.25, -0.2) is 8.78 Å². The van der Waals surface area contributed by atoms with Gasteiger partial charge in [-0.15, -0.1) is 0 Å². The van der Waals surface area contributed by atoms with Crippen molar-refractivity contribution in [2.45, 2.75) is 37.7 Å². The van der Waals surface area contributed by atoms with E-state index in [4.69, 9.17) is 0 Å². The van der Waals surface area contributed by atoms with Crippen LogP contribution in [0.25, 0.3) is 0 Å². The number of piperidine rings is 1. The number of aliphatic hydroxyl groups is 1. The van der Waals surface area contributed by atoms with Crippen LogP contribution in [-0.2, 0) is 10.4 Å². The Morgan fingerprint density at radius 3 is 1.97 bits per heavy atom. The number of hydrogen-bond donors (Lipinski definition) is 2. The van der Waals surface area contributed by atoms with Crippen LogP contribution in [-0.4, -0.2) is 42.6 Å². The summed E-state index contributed by atoms with van der Waals surface area (Å²) >= 11 is 0. The molecule has 1 amide bonds. The summed E-state index contributed by atoms with van der Waals surface area (Å²) in [5.41, 5.74) is -0.0498. The van der Waals surface area contributed by atoms with Gasteiger partial charge in [0.2, 0.25) is 5.91 Å². The molecule has 0 aromatic heterocycles. The summed E-state index contributed by atoms with van der Waals surface area (Å²) in [6.45, 7) is 2.61. The highest BCUT2D eigenvalue weighted by atomic mass is 19.1. The summed E-state index contributed by atoms with van der Waals surface area (Å²) in [5.74, 6) is -0.702. The molecular weight excluding hydrogens is 386 g/mol. The van der Waals surface area contributed by atoms with E-state index >= 15 is 0 Å². The molecule has 0 atom stereocenters. The maximum atomic E-state index is 13.5. The Balaban J connectivity index is 1.69. The van der Waals surface area contributed by atoms with Crippen LogP contribution in [0.2, 0.25) is 0 Å². The monoisotopic (exact) mass is 416 g/mol. The average molecular weight is 417 g/mol. The molecule has 1 aliphatic heterocycles. The molecule has 6 heteroatoms. The van der Waals surface area contributed by atoms with Crippen LogP contribution in [0.15, 0.2) is 48.5 Å². The number of nitrogens with one attached hydrogen (secondary N) is 1. The molecule has 4 nitrogen and oxygen atoms in total. The largest absolute Gasteiger partial charge is 0.380 e. The van der Waals surface area contributed by atoms with E-state index in [1.807, 2.05) is 0 Å². The smallest absolute Gasteiger partial charge is 0.219 e. The van der Waals surface area contributed by atoms with Gasteiger partial charge >= 0.3 is 0 Å². The zero-order valence-electron chi connectivity index (χ0n) is 17.4. The van der Waals surface area contributed by atoms with Crippen molar-refractivity contribution < 1.29 is 18.7 Å². The third kappa shape index (κ3) is 5.24. The minimum absolute atomic E-state index is 0.0597. The predicted octanol–water partition coefficient (Wildman–Crippen LogP) is 3.83. The van der Waals surface area contributed by atoms with Crippen molar-refractivity contribution >= 4 is 5.91 Å². The Morgan fingerprint density at radius 1 is 1.00 bits per heavy atom. The van der Waals surface area contributed by atoms with Crippen molar-refractivity contribution in [2.75, 3.05) is 26.7 Å². The van der Waals surface area contributed by atoms with Crippen LogP contribution < -0.4 is 5.32 Å². The first-order valence-electron chi connectivity index (χ1n) is 10.6. The van der Waals surface area contributed by atoms with E-state index in [0.29, 0.717) is 17.5 Å². The van der Waals surface area contributed by atoms with Gasteiger partial charge in [-0.05, 0) is 86.6 Å².